The number of amides is 1. The summed E-state index contributed by atoms with van der Waals surface area (Å²) in [6, 6.07) is 19.1. The van der Waals surface area contributed by atoms with Gasteiger partial charge in [-0.15, -0.1) is 0 Å². The lowest BCUT2D eigenvalue weighted by atomic mass is 9.98. The summed E-state index contributed by atoms with van der Waals surface area (Å²) in [5.41, 5.74) is 4.58. The van der Waals surface area contributed by atoms with Crippen LogP contribution in [-0.2, 0) is 19.6 Å². The minimum Gasteiger partial charge on any atom is -0.492 e. The molecule has 1 heterocycles. The molecule has 3 aromatic rings. The predicted molar refractivity (Wildman–Crippen MR) is 123 cm³/mol. The van der Waals surface area contributed by atoms with E-state index in [0.717, 1.165) is 30.8 Å². The number of rotatable bonds is 6. The molecule has 1 aliphatic heterocycles. The highest BCUT2D eigenvalue weighted by molar-refractivity contribution is 6.31. The van der Waals surface area contributed by atoms with Crippen molar-refractivity contribution in [3.8, 4) is 11.5 Å². The second-order valence-corrected chi connectivity index (χ2v) is 8.08. The summed E-state index contributed by atoms with van der Waals surface area (Å²) in [5.74, 6) is 0.513. The molecule has 1 amide bonds. The molecular formula is C25H25ClN2O3. The van der Waals surface area contributed by atoms with Crippen LogP contribution in [0.25, 0.3) is 0 Å². The molecule has 3 aromatic carbocycles. The van der Waals surface area contributed by atoms with Gasteiger partial charge in [0.1, 0.15) is 6.61 Å². The zero-order chi connectivity index (χ0) is 21.8. The van der Waals surface area contributed by atoms with Crippen molar-refractivity contribution < 1.29 is 14.3 Å². The number of nitrogens with zero attached hydrogens (tertiary/aromatic N) is 1. The summed E-state index contributed by atoms with van der Waals surface area (Å²) in [7, 11) is 3.62. The average Bonchev–Trinajstić information content (AvgIpc) is 2.78. The highest BCUT2D eigenvalue weighted by Gasteiger charge is 2.22. The Balaban J connectivity index is 1.60. The molecular weight excluding hydrogens is 412 g/mol. The quantitative estimate of drug-likeness (QED) is 0.579. The van der Waals surface area contributed by atoms with Crippen molar-refractivity contribution in [2.75, 3.05) is 26.0 Å². The Hall–Kier alpha value is -3.02. The van der Waals surface area contributed by atoms with Crippen molar-refractivity contribution in [3.05, 3.63) is 87.9 Å². The van der Waals surface area contributed by atoms with E-state index in [2.05, 4.69) is 23.3 Å². The monoisotopic (exact) mass is 436 g/mol. The Labute approximate surface area is 187 Å². The molecule has 31 heavy (non-hydrogen) atoms. The first-order chi connectivity index (χ1) is 15.0. The Kier molecular flexibility index (Phi) is 6.44. The number of fused-ring (bicyclic) bond motifs is 1. The maximum Gasteiger partial charge on any atom is 0.259 e. The summed E-state index contributed by atoms with van der Waals surface area (Å²) < 4.78 is 11.5. The van der Waals surface area contributed by atoms with Crippen molar-refractivity contribution >= 4 is 23.2 Å². The number of carbonyl (C=O) groups excluding carboxylic acids is 1. The van der Waals surface area contributed by atoms with Gasteiger partial charge in [-0.3, -0.25) is 4.79 Å². The number of benzene rings is 3. The van der Waals surface area contributed by atoms with E-state index in [0.29, 0.717) is 28.7 Å². The van der Waals surface area contributed by atoms with Crippen molar-refractivity contribution in [2.45, 2.75) is 19.6 Å². The number of methoxy groups -OCH3 is 1. The van der Waals surface area contributed by atoms with Gasteiger partial charge in [-0.25, -0.2) is 0 Å². The van der Waals surface area contributed by atoms with E-state index in [-0.39, 0.29) is 5.91 Å². The SMILES string of the molecule is COc1c(OCc2ccccc2)cc(Cl)cc1C(=O)Nc1cccc2c1CCN(C)C2. The molecule has 0 aromatic heterocycles. The second-order valence-electron chi connectivity index (χ2n) is 7.64. The van der Waals surface area contributed by atoms with Crippen LogP contribution < -0.4 is 14.8 Å². The van der Waals surface area contributed by atoms with Crippen LogP contribution in [0, 0.1) is 0 Å². The van der Waals surface area contributed by atoms with Crippen molar-refractivity contribution in [2.24, 2.45) is 0 Å². The molecule has 0 bridgehead atoms. The van der Waals surface area contributed by atoms with Gasteiger partial charge in [-0.1, -0.05) is 54.1 Å². The maximum absolute atomic E-state index is 13.2. The van der Waals surface area contributed by atoms with Crippen LogP contribution in [0.5, 0.6) is 11.5 Å². The molecule has 0 aliphatic carbocycles. The van der Waals surface area contributed by atoms with Crippen molar-refractivity contribution in [1.29, 1.82) is 0 Å². The van der Waals surface area contributed by atoms with E-state index in [1.807, 2.05) is 42.5 Å². The lowest BCUT2D eigenvalue weighted by Crippen LogP contribution is -2.27. The first kappa shape index (κ1) is 21.2. The van der Waals surface area contributed by atoms with Gasteiger partial charge < -0.3 is 19.7 Å². The highest BCUT2D eigenvalue weighted by atomic mass is 35.5. The standard InChI is InChI=1S/C25H25ClN2O3/c1-28-12-11-20-18(15-28)9-6-10-22(20)27-25(29)21-13-19(26)14-23(24(21)30-2)31-16-17-7-4-3-5-8-17/h3-10,13-14H,11-12,15-16H2,1-2H3,(H,27,29). The minimum atomic E-state index is -0.281. The third-order valence-electron chi connectivity index (χ3n) is 5.41. The molecule has 0 saturated heterocycles. The minimum absolute atomic E-state index is 0.281. The maximum atomic E-state index is 13.2. The van der Waals surface area contributed by atoms with E-state index >= 15 is 0 Å². The summed E-state index contributed by atoms with van der Waals surface area (Å²) in [4.78, 5) is 15.5. The van der Waals surface area contributed by atoms with Crippen LogP contribution >= 0.6 is 11.6 Å². The Morgan fingerprint density at radius 2 is 1.94 bits per heavy atom. The van der Waals surface area contributed by atoms with Crippen molar-refractivity contribution in [3.63, 3.8) is 0 Å². The molecule has 0 unspecified atom stereocenters. The smallest absolute Gasteiger partial charge is 0.259 e. The van der Waals surface area contributed by atoms with Gasteiger partial charge in [-0.05, 0) is 42.3 Å². The van der Waals surface area contributed by atoms with Gasteiger partial charge >= 0.3 is 0 Å². The molecule has 1 aliphatic rings. The van der Waals surface area contributed by atoms with E-state index in [1.165, 1.54) is 18.2 Å². The van der Waals surface area contributed by atoms with Gasteiger partial charge in [0.2, 0.25) is 0 Å². The molecule has 0 radical (unpaired) electrons. The second kappa shape index (κ2) is 9.41. The first-order valence-corrected chi connectivity index (χ1v) is 10.6. The molecule has 6 heteroatoms. The molecule has 0 atom stereocenters. The third-order valence-corrected chi connectivity index (χ3v) is 5.63. The Morgan fingerprint density at radius 3 is 2.71 bits per heavy atom. The van der Waals surface area contributed by atoms with Crippen LogP contribution in [0.15, 0.2) is 60.7 Å². The first-order valence-electron chi connectivity index (χ1n) is 10.2. The zero-order valence-electron chi connectivity index (χ0n) is 17.7. The summed E-state index contributed by atoms with van der Waals surface area (Å²) in [6.45, 7) is 2.17. The van der Waals surface area contributed by atoms with Gasteiger partial charge in [0, 0.05) is 29.9 Å². The topological polar surface area (TPSA) is 50.8 Å². The van der Waals surface area contributed by atoms with Gasteiger partial charge in [0.15, 0.2) is 11.5 Å². The highest BCUT2D eigenvalue weighted by Crippen LogP contribution is 2.36. The lowest BCUT2D eigenvalue weighted by Gasteiger charge is -2.27. The number of likely N-dealkylation sites (N-methyl/N-ethyl adjacent to an activating group) is 1. The molecule has 0 saturated carbocycles. The number of carbonyl (C=O) groups is 1. The number of hydrogen-bond acceptors (Lipinski definition) is 4. The normalized spacial score (nSPS) is 13.4. The molecule has 0 fully saturated rings. The third kappa shape index (κ3) is 4.84. The summed E-state index contributed by atoms with van der Waals surface area (Å²) in [5, 5.41) is 3.46. The van der Waals surface area contributed by atoms with E-state index in [9.17, 15) is 4.79 Å². The number of nitrogens with one attached hydrogen (secondary N) is 1. The number of ether oxygens (including phenoxy) is 2. The molecule has 160 valence electrons. The number of halogens is 1. The van der Waals surface area contributed by atoms with Gasteiger partial charge in [0.25, 0.3) is 5.91 Å². The fourth-order valence-electron chi connectivity index (χ4n) is 3.85. The fraction of sp³-hybridized carbons (Fsp3) is 0.240. The Bertz CT molecular complexity index is 1090. The Morgan fingerprint density at radius 1 is 1.13 bits per heavy atom. The number of hydrogen-bond donors (Lipinski definition) is 1. The largest absolute Gasteiger partial charge is 0.492 e. The summed E-state index contributed by atoms with van der Waals surface area (Å²) in [6.07, 6.45) is 0.889. The molecule has 4 rings (SSSR count). The van der Waals surface area contributed by atoms with Crippen LogP contribution in [0.2, 0.25) is 5.02 Å². The average molecular weight is 437 g/mol. The van der Waals surface area contributed by atoms with Crippen LogP contribution in [0.1, 0.15) is 27.0 Å². The van der Waals surface area contributed by atoms with Crippen molar-refractivity contribution in [1.82, 2.24) is 4.90 Å². The van der Waals surface area contributed by atoms with E-state index in [4.69, 9.17) is 21.1 Å². The van der Waals surface area contributed by atoms with E-state index < -0.39 is 0 Å². The van der Waals surface area contributed by atoms with Gasteiger partial charge in [-0.2, -0.15) is 0 Å². The lowest BCUT2D eigenvalue weighted by molar-refractivity contribution is 0.102. The van der Waals surface area contributed by atoms with E-state index in [1.54, 1.807) is 12.1 Å². The predicted octanol–water partition coefficient (Wildman–Crippen LogP) is 5.17. The number of anilines is 1. The van der Waals surface area contributed by atoms with Crippen LogP contribution in [0.4, 0.5) is 5.69 Å². The molecule has 0 spiro atoms. The van der Waals surface area contributed by atoms with Crippen LogP contribution in [-0.4, -0.2) is 31.5 Å². The van der Waals surface area contributed by atoms with Crippen LogP contribution in [0.3, 0.4) is 0 Å². The zero-order valence-corrected chi connectivity index (χ0v) is 18.4. The molecule has 1 N–H and O–H groups in total. The summed E-state index contributed by atoms with van der Waals surface area (Å²) >= 11 is 6.32. The van der Waals surface area contributed by atoms with Gasteiger partial charge in [0.05, 0.1) is 12.7 Å². The molecule has 5 nitrogen and oxygen atoms in total. The fourth-order valence-corrected chi connectivity index (χ4v) is 4.06.